The number of methoxy groups -OCH3 is 1. The van der Waals surface area contributed by atoms with Crippen LogP contribution in [0.2, 0.25) is 0 Å². The minimum absolute atomic E-state index is 0.373. The summed E-state index contributed by atoms with van der Waals surface area (Å²) in [5, 5.41) is 7.36. The van der Waals surface area contributed by atoms with E-state index in [1.54, 1.807) is 6.07 Å². The molecule has 128 valence electrons. The molecule has 0 aliphatic carbocycles. The molecular formula is C18H22N2O2S2. The number of nitrogens with one attached hydrogen (secondary N) is 2. The van der Waals surface area contributed by atoms with Crippen molar-refractivity contribution < 1.29 is 9.53 Å². The summed E-state index contributed by atoms with van der Waals surface area (Å²) < 4.78 is 4.80. The van der Waals surface area contributed by atoms with Crippen LogP contribution in [-0.4, -0.2) is 18.2 Å². The fraction of sp³-hybridized carbons (Fsp3) is 0.333. The van der Waals surface area contributed by atoms with Crippen LogP contribution in [0, 0.1) is 6.92 Å². The van der Waals surface area contributed by atoms with Crippen molar-refractivity contribution in [3.05, 3.63) is 46.3 Å². The average Bonchev–Trinajstić information content (AvgIpc) is 2.94. The van der Waals surface area contributed by atoms with Crippen LogP contribution in [0.4, 0.5) is 10.7 Å². The molecule has 1 unspecified atom stereocenters. The lowest BCUT2D eigenvalue weighted by Crippen LogP contribution is -2.19. The summed E-state index contributed by atoms with van der Waals surface area (Å²) >= 11 is 6.82. The summed E-state index contributed by atoms with van der Waals surface area (Å²) in [7, 11) is 1.37. The number of hydrogen-bond acceptors (Lipinski definition) is 4. The van der Waals surface area contributed by atoms with E-state index < -0.39 is 0 Å². The molecule has 4 nitrogen and oxygen atoms in total. The molecule has 2 rings (SSSR count). The van der Waals surface area contributed by atoms with Gasteiger partial charge in [-0.2, -0.15) is 0 Å². The predicted octanol–water partition coefficient (Wildman–Crippen LogP) is 5.17. The van der Waals surface area contributed by atoms with Gasteiger partial charge in [0.15, 0.2) is 5.11 Å². The molecule has 24 heavy (non-hydrogen) atoms. The maximum absolute atomic E-state index is 11.8. The highest BCUT2D eigenvalue weighted by atomic mass is 32.1. The highest BCUT2D eigenvalue weighted by Crippen LogP contribution is 2.28. The number of anilines is 2. The second kappa shape index (κ2) is 8.26. The van der Waals surface area contributed by atoms with Crippen molar-refractivity contribution in [1.82, 2.24) is 0 Å². The maximum atomic E-state index is 11.8. The van der Waals surface area contributed by atoms with Crippen molar-refractivity contribution in [2.24, 2.45) is 0 Å². The molecule has 0 radical (unpaired) electrons. The lowest BCUT2D eigenvalue weighted by Gasteiger charge is -2.12. The molecular weight excluding hydrogens is 340 g/mol. The Morgan fingerprint density at radius 1 is 1.29 bits per heavy atom. The van der Waals surface area contributed by atoms with Gasteiger partial charge in [0.05, 0.1) is 12.7 Å². The van der Waals surface area contributed by atoms with Crippen molar-refractivity contribution in [1.29, 1.82) is 0 Å². The van der Waals surface area contributed by atoms with Gasteiger partial charge in [0.25, 0.3) is 0 Å². The van der Waals surface area contributed by atoms with E-state index in [9.17, 15) is 4.79 Å². The minimum atomic E-state index is -0.373. The Labute approximate surface area is 152 Å². The third kappa shape index (κ3) is 4.55. The number of rotatable bonds is 5. The van der Waals surface area contributed by atoms with Crippen LogP contribution in [0.3, 0.4) is 0 Å². The third-order valence-corrected chi connectivity index (χ3v) is 5.01. The van der Waals surface area contributed by atoms with Crippen molar-refractivity contribution in [2.75, 3.05) is 17.7 Å². The summed E-state index contributed by atoms with van der Waals surface area (Å²) in [6, 6.07) is 10.0. The van der Waals surface area contributed by atoms with Crippen LogP contribution >= 0.6 is 23.6 Å². The van der Waals surface area contributed by atoms with E-state index in [-0.39, 0.29) is 5.97 Å². The van der Waals surface area contributed by atoms with Gasteiger partial charge in [0.2, 0.25) is 0 Å². The molecule has 1 aromatic carbocycles. The summed E-state index contributed by atoms with van der Waals surface area (Å²) in [5.41, 5.74) is 2.72. The van der Waals surface area contributed by atoms with Gasteiger partial charge in [-0.05, 0) is 55.2 Å². The van der Waals surface area contributed by atoms with Crippen LogP contribution in [-0.2, 0) is 4.74 Å². The molecule has 0 amide bonds. The topological polar surface area (TPSA) is 50.4 Å². The lowest BCUT2D eigenvalue weighted by molar-refractivity contribution is 0.0602. The minimum Gasteiger partial charge on any atom is -0.465 e. The Morgan fingerprint density at radius 3 is 2.54 bits per heavy atom. The summed E-state index contributed by atoms with van der Waals surface area (Å²) in [6.45, 7) is 6.33. The molecule has 2 aromatic rings. The van der Waals surface area contributed by atoms with E-state index >= 15 is 0 Å². The number of esters is 1. The smallest absolute Gasteiger partial charge is 0.340 e. The molecule has 0 bridgehead atoms. The van der Waals surface area contributed by atoms with Gasteiger partial charge in [-0.1, -0.05) is 26.0 Å². The van der Waals surface area contributed by atoms with Gasteiger partial charge in [0, 0.05) is 10.6 Å². The van der Waals surface area contributed by atoms with Crippen molar-refractivity contribution in [3.63, 3.8) is 0 Å². The third-order valence-electron chi connectivity index (χ3n) is 3.84. The van der Waals surface area contributed by atoms with Crippen molar-refractivity contribution in [3.8, 4) is 0 Å². The largest absolute Gasteiger partial charge is 0.465 e. The predicted molar refractivity (Wildman–Crippen MR) is 105 cm³/mol. The Balaban J connectivity index is 2.05. The van der Waals surface area contributed by atoms with Crippen LogP contribution in [0.15, 0.2) is 30.3 Å². The number of thiocarbonyl (C=S) groups is 1. The van der Waals surface area contributed by atoms with Crippen LogP contribution in [0.5, 0.6) is 0 Å². The van der Waals surface area contributed by atoms with E-state index in [0.717, 1.165) is 17.0 Å². The van der Waals surface area contributed by atoms with Gasteiger partial charge >= 0.3 is 5.97 Å². The molecule has 0 saturated carbocycles. The van der Waals surface area contributed by atoms with Gasteiger partial charge in [-0.15, -0.1) is 11.3 Å². The molecule has 0 spiro atoms. The maximum Gasteiger partial charge on any atom is 0.340 e. The quantitative estimate of drug-likeness (QED) is 0.568. The number of ether oxygens (including phenoxy) is 1. The summed E-state index contributed by atoms with van der Waals surface area (Å²) in [5.74, 6) is 0.170. The number of carbonyl (C=O) groups excluding carboxylic acids is 1. The van der Waals surface area contributed by atoms with E-state index in [1.165, 1.54) is 24.0 Å². The van der Waals surface area contributed by atoms with Gasteiger partial charge < -0.3 is 15.4 Å². The highest BCUT2D eigenvalue weighted by molar-refractivity contribution is 7.80. The SMILES string of the molecule is CCC(C)c1ccc(NC(=S)Nc2sc(C)cc2C(=O)OC)cc1. The molecule has 1 heterocycles. The van der Waals surface area contributed by atoms with Crippen LogP contribution in [0.25, 0.3) is 0 Å². The molecule has 0 aliphatic heterocycles. The van der Waals surface area contributed by atoms with Crippen LogP contribution < -0.4 is 10.6 Å². The van der Waals surface area contributed by atoms with Gasteiger partial charge in [-0.25, -0.2) is 4.79 Å². The lowest BCUT2D eigenvalue weighted by atomic mass is 9.99. The molecule has 1 aromatic heterocycles. The Kier molecular flexibility index (Phi) is 6.34. The number of carbonyl (C=O) groups is 1. The first kappa shape index (κ1) is 18.4. The zero-order chi connectivity index (χ0) is 17.7. The molecule has 2 N–H and O–H groups in total. The molecule has 0 saturated heterocycles. The van der Waals surface area contributed by atoms with Crippen molar-refractivity contribution >= 4 is 45.3 Å². The van der Waals surface area contributed by atoms with Gasteiger partial charge in [0.1, 0.15) is 5.00 Å². The Bertz CT molecular complexity index is 723. The summed E-state index contributed by atoms with van der Waals surface area (Å²) in [4.78, 5) is 12.8. The molecule has 6 heteroatoms. The standard InChI is InChI=1S/C18H22N2O2S2/c1-5-11(2)13-6-8-14(9-7-13)19-18(23)20-16-15(17(21)22-4)10-12(3)24-16/h6-11H,5H2,1-4H3,(H2,19,20,23). The van der Waals surface area contributed by atoms with Gasteiger partial charge in [-0.3, -0.25) is 0 Å². The highest BCUT2D eigenvalue weighted by Gasteiger charge is 2.16. The number of thiophene rings is 1. The van der Waals surface area contributed by atoms with E-state index in [4.69, 9.17) is 17.0 Å². The average molecular weight is 363 g/mol. The molecule has 1 atom stereocenters. The summed E-state index contributed by atoms with van der Waals surface area (Å²) in [6.07, 6.45) is 1.11. The number of benzene rings is 1. The fourth-order valence-electron chi connectivity index (χ4n) is 2.26. The van der Waals surface area contributed by atoms with E-state index in [1.807, 2.05) is 19.1 Å². The van der Waals surface area contributed by atoms with E-state index in [0.29, 0.717) is 21.6 Å². The molecule has 0 aliphatic rings. The molecule has 0 fully saturated rings. The van der Waals surface area contributed by atoms with Crippen molar-refractivity contribution in [2.45, 2.75) is 33.1 Å². The zero-order valence-corrected chi connectivity index (χ0v) is 15.9. The number of aryl methyl sites for hydroxylation is 1. The number of hydrogen-bond donors (Lipinski definition) is 2. The first-order valence-electron chi connectivity index (χ1n) is 7.81. The second-order valence-corrected chi connectivity index (χ2v) is 7.27. The first-order valence-corrected chi connectivity index (χ1v) is 9.03. The first-order chi connectivity index (χ1) is 11.4. The fourth-order valence-corrected chi connectivity index (χ4v) is 3.45. The Morgan fingerprint density at radius 2 is 1.96 bits per heavy atom. The normalized spacial score (nSPS) is 11.7. The van der Waals surface area contributed by atoms with Crippen LogP contribution in [0.1, 0.15) is 47.0 Å². The second-order valence-electron chi connectivity index (χ2n) is 5.60. The monoisotopic (exact) mass is 362 g/mol. The Hall–Kier alpha value is -1.92. The van der Waals surface area contributed by atoms with E-state index in [2.05, 4.69) is 36.6 Å². The zero-order valence-electron chi connectivity index (χ0n) is 14.3.